The van der Waals surface area contributed by atoms with Crippen molar-refractivity contribution < 1.29 is 24.2 Å². The Kier molecular flexibility index (Phi) is 5.75. The third-order valence-corrected chi connectivity index (χ3v) is 2.93. The van der Waals surface area contributed by atoms with E-state index in [1.54, 1.807) is 20.8 Å². The van der Waals surface area contributed by atoms with Crippen LogP contribution in [0.15, 0.2) is 12.2 Å². The summed E-state index contributed by atoms with van der Waals surface area (Å²) in [5.74, 6) is -1.54. The Labute approximate surface area is 123 Å². The average molecular weight is 298 g/mol. The lowest BCUT2D eigenvalue weighted by Crippen LogP contribution is -2.43. The molecule has 1 rings (SSSR count). The minimum atomic E-state index is -1.02. The summed E-state index contributed by atoms with van der Waals surface area (Å²) >= 11 is 0. The van der Waals surface area contributed by atoms with Crippen LogP contribution in [0.5, 0.6) is 0 Å². The first-order valence-electron chi connectivity index (χ1n) is 6.86. The lowest BCUT2D eigenvalue weighted by atomic mass is 9.97. The van der Waals surface area contributed by atoms with Crippen LogP contribution in [-0.2, 0) is 14.3 Å². The smallest absolute Gasteiger partial charge is 0.407 e. The summed E-state index contributed by atoms with van der Waals surface area (Å²) in [5, 5.41) is 13.9. The van der Waals surface area contributed by atoms with Gasteiger partial charge in [0.1, 0.15) is 5.60 Å². The van der Waals surface area contributed by atoms with E-state index in [1.165, 1.54) is 6.08 Å². The Morgan fingerprint density at radius 2 is 2.14 bits per heavy atom. The van der Waals surface area contributed by atoms with Gasteiger partial charge in [-0.3, -0.25) is 4.79 Å². The second-order valence-corrected chi connectivity index (χ2v) is 5.92. The maximum Gasteiger partial charge on any atom is 0.407 e. The van der Waals surface area contributed by atoms with Gasteiger partial charge in [-0.2, -0.15) is 0 Å². The predicted octanol–water partition coefficient (Wildman–Crippen LogP) is 1.05. The number of carbonyl (C=O) groups is 3. The highest BCUT2D eigenvalue weighted by Gasteiger charge is 2.35. The molecule has 7 nitrogen and oxygen atoms in total. The minimum Gasteiger partial charge on any atom is -0.478 e. The first kappa shape index (κ1) is 17.0. The molecule has 0 aromatic carbocycles. The van der Waals surface area contributed by atoms with Gasteiger partial charge in [0.05, 0.1) is 12.0 Å². The fourth-order valence-corrected chi connectivity index (χ4v) is 2.07. The number of allylic oxidation sites excluding steroid dienone is 1. The largest absolute Gasteiger partial charge is 0.478 e. The Hall–Kier alpha value is -2.05. The van der Waals surface area contributed by atoms with Crippen molar-refractivity contribution in [1.29, 1.82) is 0 Å². The third-order valence-electron chi connectivity index (χ3n) is 2.93. The maximum absolute atomic E-state index is 11.7. The molecule has 1 heterocycles. The van der Waals surface area contributed by atoms with Gasteiger partial charge >= 0.3 is 12.1 Å². The van der Waals surface area contributed by atoms with Gasteiger partial charge in [-0.1, -0.05) is 6.08 Å². The quantitative estimate of drug-likeness (QED) is 0.658. The molecule has 7 heteroatoms. The molecule has 0 spiro atoms. The highest BCUT2D eigenvalue weighted by molar-refractivity contribution is 5.83. The molecule has 0 aliphatic carbocycles. The van der Waals surface area contributed by atoms with Crippen molar-refractivity contribution in [3.8, 4) is 0 Å². The van der Waals surface area contributed by atoms with Crippen molar-refractivity contribution in [2.75, 3.05) is 6.54 Å². The van der Waals surface area contributed by atoms with Crippen LogP contribution in [0.25, 0.3) is 0 Å². The number of amides is 2. The van der Waals surface area contributed by atoms with Crippen LogP contribution in [0, 0.1) is 5.92 Å². The minimum absolute atomic E-state index is 0.139. The van der Waals surface area contributed by atoms with Crippen molar-refractivity contribution in [2.24, 2.45) is 5.92 Å². The molecule has 0 bridgehead atoms. The van der Waals surface area contributed by atoms with Crippen LogP contribution < -0.4 is 10.6 Å². The fraction of sp³-hybridized carbons (Fsp3) is 0.643. The Morgan fingerprint density at radius 3 is 2.71 bits per heavy atom. The Balaban J connectivity index is 2.50. The molecule has 2 atom stereocenters. The van der Waals surface area contributed by atoms with E-state index in [2.05, 4.69) is 10.6 Å². The van der Waals surface area contributed by atoms with Crippen molar-refractivity contribution in [3.63, 3.8) is 0 Å². The standard InChI is InChI=1S/C14H22N2O5/c1-14(2,3)21-13(20)16-10-8-15-12(19)9(10)6-4-5-7-11(17)18/h5,7,9-10H,4,6,8H2,1-3H3,(H,15,19)(H,16,20)(H,17,18)/t9?,10-/m1/s1. The van der Waals surface area contributed by atoms with Gasteiger partial charge in [0.25, 0.3) is 0 Å². The SMILES string of the molecule is CC(C)(C)OC(=O)N[C@@H]1CNC(=O)C1CCC=CC(=O)O. The molecular formula is C14H22N2O5. The van der Waals surface area contributed by atoms with Crippen LogP contribution in [0.3, 0.4) is 0 Å². The molecule has 1 fully saturated rings. The number of aliphatic carboxylic acids is 1. The van der Waals surface area contributed by atoms with Crippen LogP contribution in [0.4, 0.5) is 4.79 Å². The summed E-state index contributed by atoms with van der Waals surface area (Å²) in [5.41, 5.74) is -0.597. The molecule has 118 valence electrons. The lowest BCUT2D eigenvalue weighted by Gasteiger charge is -2.23. The number of hydrogen-bond donors (Lipinski definition) is 3. The molecule has 0 aromatic rings. The summed E-state index contributed by atoms with van der Waals surface area (Å²) in [4.78, 5) is 33.8. The van der Waals surface area contributed by atoms with Crippen molar-refractivity contribution in [1.82, 2.24) is 10.6 Å². The summed E-state index contributed by atoms with van der Waals surface area (Å²) in [6, 6.07) is -0.342. The van der Waals surface area contributed by atoms with E-state index in [0.29, 0.717) is 19.4 Å². The van der Waals surface area contributed by atoms with E-state index >= 15 is 0 Å². The molecule has 0 aromatic heterocycles. The van der Waals surface area contributed by atoms with Gasteiger partial charge in [-0.25, -0.2) is 9.59 Å². The highest BCUT2D eigenvalue weighted by Crippen LogP contribution is 2.18. The zero-order valence-corrected chi connectivity index (χ0v) is 12.5. The van der Waals surface area contributed by atoms with Crippen LogP contribution in [0.1, 0.15) is 33.6 Å². The van der Waals surface area contributed by atoms with Crippen molar-refractivity contribution in [3.05, 3.63) is 12.2 Å². The van der Waals surface area contributed by atoms with Gasteiger partial charge in [-0.15, -0.1) is 0 Å². The second kappa shape index (κ2) is 7.10. The van der Waals surface area contributed by atoms with Gasteiger partial charge < -0.3 is 20.5 Å². The molecule has 1 aliphatic rings. The molecule has 1 unspecified atom stereocenters. The Bertz CT molecular complexity index is 439. The van der Waals surface area contributed by atoms with Gasteiger partial charge in [0.2, 0.25) is 5.91 Å². The van der Waals surface area contributed by atoms with Gasteiger partial charge in [-0.05, 0) is 33.6 Å². The van der Waals surface area contributed by atoms with E-state index in [4.69, 9.17) is 9.84 Å². The number of rotatable bonds is 5. The normalized spacial score (nSPS) is 22.1. The number of carboxylic acid groups (broad SMARTS) is 1. The first-order valence-corrected chi connectivity index (χ1v) is 6.86. The van der Waals surface area contributed by atoms with Gasteiger partial charge in [0.15, 0.2) is 0 Å². The molecule has 2 amide bonds. The maximum atomic E-state index is 11.7. The van der Waals surface area contributed by atoms with Gasteiger partial charge in [0, 0.05) is 12.6 Å². The van der Waals surface area contributed by atoms with E-state index in [-0.39, 0.29) is 17.9 Å². The number of carbonyl (C=O) groups excluding carboxylic acids is 2. The summed E-state index contributed by atoms with van der Waals surface area (Å²) in [6.07, 6.45) is 2.91. The third kappa shape index (κ3) is 6.29. The van der Waals surface area contributed by atoms with E-state index < -0.39 is 17.7 Å². The summed E-state index contributed by atoms with van der Waals surface area (Å²) in [6.45, 7) is 5.64. The van der Waals surface area contributed by atoms with E-state index in [0.717, 1.165) is 6.08 Å². The highest BCUT2D eigenvalue weighted by atomic mass is 16.6. The van der Waals surface area contributed by atoms with Crippen LogP contribution >= 0.6 is 0 Å². The molecule has 3 N–H and O–H groups in total. The summed E-state index contributed by atoms with van der Waals surface area (Å²) in [7, 11) is 0. The molecule has 1 saturated heterocycles. The number of ether oxygens (including phenoxy) is 1. The van der Waals surface area contributed by atoms with E-state index in [1.807, 2.05) is 0 Å². The molecule has 0 radical (unpaired) electrons. The van der Waals surface area contributed by atoms with Crippen molar-refractivity contribution >= 4 is 18.0 Å². The number of nitrogens with one attached hydrogen (secondary N) is 2. The Morgan fingerprint density at radius 1 is 1.48 bits per heavy atom. The fourth-order valence-electron chi connectivity index (χ4n) is 2.07. The monoisotopic (exact) mass is 298 g/mol. The number of alkyl carbamates (subject to hydrolysis) is 1. The molecule has 0 saturated carbocycles. The summed E-state index contributed by atoms with van der Waals surface area (Å²) < 4.78 is 5.16. The number of carboxylic acids is 1. The molecular weight excluding hydrogens is 276 g/mol. The molecule has 1 aliphatic heterocycles. The number of hydrogen-bond acceptors (Lipinski definition) is 4. The first-order chi connectivity index (χ1) is 9.69. The average Bonchev–Trinajstić information content (AvgIpc) is 2.63. The van der Waals surface area contributed by atoms with Crippen molar-refractivity contribution in [2.45, 2.75) is 45.3 Å². The zero-order chi connectivity index (χ0) is 16.0. The lowest BCUT2D eigenvalue weighted by molar-refractivity contribution is -0.131. The van der Waals surface area contributed by atoms with Crippen LogP contribution in [-0.4, -0.2) is 41.3 Å². The van der Waals surface area contributed by atoms with E-state index in [9.17, 15) is 14.4 Å². The molecule has 21 heavy (non-hydrogen) atoms. The topological polar surface area (TPSA) is 105 Å². The second-order valence-electron chi connectivity index (χ2n) is 5.92. The predicted molar refractivity (Wildman–Crippen MR) is 75.7 cm³/mol. The van der Waals surface area contributed by atoms with Crippen LogP contribution in [0.2, 0.25) is 0 Å². The zero-order valence-electron chi connectivity index (χ0n) is 12.5.